The molecule has 0 aliphatic heterocycles. The van der Waals surface area contributed by atoms with E-state index in [0.717, 1.165) is 24.0 Å². The Morgan fingerprint density at radius 1 is 1.22 bits per heavy atom. The van der Waals surface area contributed by atoms with Crippen LogP contribution in [-0.4, -0.2) is 29.3 Å². The van der Waals surface area contributed by atoms with Gasteiger partial charge in [-0.1, -0.05) is 35.0 Å². The number of fused-ring (bicyclic) bond motifs is 1. The standard InChI is InChI=1S/C25H27BrFNO4/c1-14(17-6-8-19(27)9-7-17)10-12-30-24-22(31-13-11-26)20(16(3)29)15(2)21-23(24)32-25(28-21)18-4-5-18/h6-9,14,18H,4-5,10-13H2,1-3H3. The summed E-state index contributed by atoms with van der Waals surface area (Å²) >= 11 is 3.38. The van der Waals surface area contributed by atoms with E-state index in [9.17, 15) is 9.18 Å². The number of halogens is 2. The summed E-state index contributed by atoms with van der Waals surface area (Å²) in [4.78, 5) is 17.3. The number of carbonyl (C=O) groups excluding carboxylic acids is 1. The Balaban J connectivity index is 1.67. The van der Waals surface area contributed by atoms with E-state index in [2.05, 4.69) is 22.9 Å². The highest BCUT2D eigenvalue weighted by Gasteiger charge is 2.32. The summed E-state index contributed by atoms with van der Waals surface area (Å²) in [5.41, 5.74) is 3.47. The first-order valence-corrected chi connectivity index (χ1v) is 12.1. The number of oxazole rings is 1. The maximum absolute atomic E-state index is 13.2. The molecule has 5 nitrogen and oxygen atoms in total. The molecule has 7 heteroatoms. The van der Waals surface area contributed by atoms with Gasteiger partial charge in [-0.15, -0.1) is 0 Å². The molecule has 0 spiro atoms. The van der Waals surface area contributed by atoms with Crippen LogP contribution in [0.5, 0.6) is 11.5 Å². The van der Waals surface area contributed by atoms with Gasteiger partial charge in [0.05, 0.1) is 18.8 Å². The van der Waals surface area contributed by atoms with Crippen LogP contribution in [0.25, 0.3) is 11.1 Å². The van der Waals surface area contributed by atoms with Gasteiger partial charge in [-0.3, -0.25) is 4.79 Å². The number of ether oxygens (including phenoxy) is 2. The number of hydrogen-bond acceptors (Lipinski definition) is 5. The zero-order chi connectivity index (χ0) is 22.8. The van der Waals surface area contributed by atoms with Gasteiger partial charge in [0.1, 0.15) is 11.3 Å². The third-order valence-corrected chi connectivity index (χ3v) is 6.18. The second-order valence-corrected chi connectivity index (χ2v) is 9.14. The molecule has 4 rings (SSSR count). The van der Waals surface area contributed by atoms with Gasteiger partial charge < -0.3 is 13.9 Å². The fourth-order valence-electron chi connectivity index (χ4n) is 3.88. The highest BCUT2D eigenvalue weighted by molar-refractivity contribution is 9.09. The summed E-state index contributed by atoms with van der Waals surface area (Å²) in [5, 5.41) is 0.617. The summed E-state index contributed by atoms with van der Waals surface area (Å²) in [6.07, 6.45) is 2.82. The van der Waals surface area contributed by atoms with Crippen molar-refractivity contribution in [2.45, 2.75) is 51.9 Å². The molecule has 0 radical (unpaired) electrons. The molecular weight excluding hydrogens is 477 g/mol. The molecule has 1 heterocycles. The molecule has 1 unspecified atom stereocenters. The van der Waals surface area contributed by atoms with E-state index >= 15 is 0 Å². The van der Waals surface area contributed by atoms with Crippen LogP contribution in [0.4, 0.5) is 4.39 Å². The molecule has 170 valence electrons. The number of rotatable bonds is 10. The van der Waals surface area contributed by atoms with E-state index in [1.165, 1.54) is 19.1 Å². The second kappa shape index (κ2) is 9.61. The predicted octanol–water partition coefficient (Wildman–Crippen LogP) is 6.70. The maximum Gasteiger partial charge on any atom is 0.207 e. The quantitative estimate of drug-likeness (QED) is 0.227. The molecule has 3 aromatic rings. The first-order chi connectivity index (χ1) is 15.4. The van der Waals surface area contributed by atoms with Crippen LogP contribution in [-0.2, 0) is 0 Å². The van der Waals surface area contributed by atoms with Crippen molar-refractivity contribution in [3.05, 3.63) is 52.7 Å². The van der Waals surface area contributed by atoms with Crippen LogP contribution in [0, 0.1) is 12.7 Å². The third kappa shape index (κ3) is 4.68. The van der Waals surface area contributed by atoms with Gasteiger partial charge in [-0.05, 0) is 62.3 Å². The molecular formula is C25H27BrFNO4. The number of ketones is 1. The molecule has 1 aliphatic rings. The minimum atomic E-state index is -0.249. The number of hydrogen-bond donors (Lipinski definition) is 0. The lowest BCUT2D eigenvalue weighted by atomic mass is 9.98. The van der Waals surface area contributed by atoms with Gasteiger partial charge in [0.15, 0.2) is 17.4 Å². The Hall–Kier alpha value is -2.41. The number of aryl methyl sites for hydroxylation is 1. The lowest BCUT2D eigenvalue weighted by Crippen LogP contribution is -2.10. The average molecular weight is 504 g/mol. The fourth-order valence-corrected chi connectivity index (χ4v) is 4.05. The topological polar surface area (TPSA) is 61.6 Å². The summed E-state index contributed by atoms with van der Waals surface area (Å²) < 4.78 is 31.6. The minimum absolute atomic E-state index is 0.102. The van der Waals surface area contributed by atoms with Gasteiger partial charge in [-0.25, -0.2) is 9.37 Å². The van der Waals surface area contributed by atoms with Crippen LogP contribution >= 0.6 is 15.9 Å². The van der Waals surface area contributed by atoms with Crippen LogP contribution in [0.15, 0.2) is 28.7 Å². The predicted molar refractivity (Wildman–Crippen MR) is 125 cm³/mol. The van der Waals surface area contributed by atoms with Crippen LogP contribution < -0.4 is 9.47 Å². The van der Waals surface area contributed by atoms with Crippen LogP contribution in [0.3, 0.4) is 0 Å². The minimum Gasteiger partial charge on any atom is -0.488 e. The number of nitrogens with zero attached hydrogens (tertiary/aromatic N) is 1. The monoisotopic (exact) mass is 503 g/mol. The van der Waals surface area contributed by atoms with Gasteiger partial charge in [-0.2, -0.15) is 0 Å². The van der Waals surface area contributed by atoms with E-state index in [1.54, 1.807) is 12.1 Å². The zero-order valence-corrected chi connectivity index (χ0v) is 20.1. The molecule has 1 atom stereocenters. The van der Waals surface area contributed by atoms with Crippen molar-refractivity contribution in [2.75, 3.05) is 18.5 Å². The number of alkyl halides is 1. The van der Waals surface area contributed by atoms with Crippen LogP contribution in [0.1, 0.15) is 72.3 Å². The van der Waals surface area contributed by atoms with Crippen LogP contribution in [0.2, 0.25) is 0 Å². The largest absolute Gasteiger partial charge is 0.488 e. The highest BCUT2D eigenvalue weighted by atomic mass is 79.9. The molecule has 0 bridgehead atoms. The maximum atomic E-state index is 13.2. The summed E-state index contributed by atoms with van der Waals surface area (Å²) in [6, 6.07) is 6.52. The van der Waals surface area contributed by atoms with Gasteiger partial charge in [0.25, 0.3) is 0 Å². The van der Waals surface area contributed by atoms with Crippen molar-refractivity contribution in [1.82, 2.24) is 4.98 Å². The first-order valence-electron chi connectivity index (χ1n) is 11.0. The Labute approximate surface area is 195 Å². The molecule has 0 N–H and O–H groups in total. The van der Waals surface area contributed by atoms with Crippen molar-refractivity contribution in [3.63, 3.8) is 0 Å². The highest BCUT2D eigenvalue weighted by Crippen LogP contribution is 2.46. The molecule has 1 saturated carbocycles. The van der Waals surface area contributed by atoms with E-state index in [1.807, 2.05) is 6.92 Å². The van der Waals surface area contributed by atoms with E-state index in [-0.39, 0.29) is 17.5 Å². The molecule has 1 aliphatic carbocycles. The lowest BCUT2D eigenvalue weighted by Gasteiger charge is -2.18. The Kier molecular flexibility index (Phi) is 6.84. The second-order valence-electron chi connectivity index (χ2n) is 8.35. The summed E-state index contributed by atoms with van der Waals surface area (Å²) in [5.74, 6) is 1.70. The molecule has 0 saturated heterocycles. The van der Waals surface area contributed by atoms with Gasteiger partial charge in [0.2, 0.25) is 11.3 Å². The number of carbonyl (C=O) groups is 1. The molecule has 1 aromatic heterocycles. The van der Waals surface area contributed by atoms with E-state index < -0.39 is 0 Å². The van der Waals surface area contributed by atoms with Crippen molar-refractivity contribution < 1.29 is 23.1 Å². The number of aromatic nitrogens is 1. The Bertz CT molecular complexity index is 1120. The molecule has 0 amide bonds. The van der Waals surface area contributed by atoms with Crippen molar-refractivity contribution in [3.8, 4) is 11.5 Å². The SMILES string of the molecule is CC(=O)c1c(OCCBr)c(OCCC(C)c2ccc(F)cc2)c2oc(C3CC3)nc2c1C. The van der Waals surface area contributed by atoms with Crippen molar-refractivity contribution in [1.29, 1.82) is 0 Å². The molecule has 2 aromatic carbocycles. The van der Waals surface area contributed by atoms with Crippen molar-refractivity contribution in [2.24, 2.45) is 0 Å². The number of benzene rings is 2. The normalized spacial score (nSPS) is 14.5. The zero-order valence-electron chi connectivity index (χ0n) is 18.5. The third-order valence-electron chi connectivity index (χ3n) is 5.85. The summed E-state index contributed by atoms with van der Waals surface area (Å²) in [6.45, 7) is 6.25. The lowest BCUT2D eigenvalue weighted by molar-refractivity contribution is 0.101. The molecule has 32 heavy (non-hydrogen) atoms. The van der Waals surface area contributed by atoms with Gasteiger partial charge >= 0.3 is 0 Å². The van der Waals surface area contributed by atoms with Gasteiger partial charge in [0, 0.05) is 11.2 Å². The average Bonchev–Trinajstić information content (AvgIpc) is 3.52. The first kappa shape index (κ1) is 22.8. The molecule has 1 fully saturated rings. The Morgan fingerprint density at radius 3 is 2.53 bits per heavy atom. The summed E-state index contributed by atoms with van der Waals surface area (Å²) in [7, 11) is 0. The Morgan fingerprint density at radius 2 is 1.91 bits per heavy atom. The van der Waals surface area contributed by atoms with E-state index in [4.69, 9.17) is 18.9 Å². The fraction of sp³-hybridized carbons (Fsp3) is 0.440. The smallest absolute Gasteiger partial charge is 0.207 e. The van der Waals surface area contributed by atoms with E-state index in [0.29, 0.717) is 64.9 Å². The number of Topliss-reactive ketones (excluding diaryl/α,β-unsaturated/α-hetero) is 1. The van der Waals surface area contributed by atoms with Crippen molar-refractivity contribution >= 4 is 32.8 Å².